The summed E-state index contributed by atoms with van der Waals surface area (Å²) in [6, 6.07) is 8.92. The van der Waals surface area contributed by atoms with E-state index in [9.17, 15) is 0 Å². The van der Waals surface area contributed by atoms with Crippen LogP contribution in [-0.4, -0.2) is 59.9 Å². The molecule has 0 amide bonds. The van der Waals surface area contributed by atoms with Crippen LogP contribution in [0.5, 0.6) is 5.75 Å². The highest BCUT2D eigenvalue weighted by molar-refractivity contribution is 5.28. The fraction of sp³-hybridized carbons (Fsp3) is 0.640. The van der Waals surface area contributed by atoms with Crippen molar-refractivity contribution in [3.05, 3.63) is 46.8 Å². The van der Waals surface area contributed by atoms with Gasteiger partial charge >= 0.3 is 0 Å². The van der Waals surface area contributed by atoms with E-state index in [1.165, 1.54) is 55.0 Å². The minimum atomic E-state index is 0.402. The van der Waals surface area contributed by atoms with Crippen molar-refractivity contribution in [1.29, 1.82) is 0 Å². The van der Waals surface area contributed by atoms with Gasteiger partial charge in [0.05, 0.1) is 12.8 Å². The van der Waals surface area contributed by atoms with Crippen molar-refractivity contribution in [2.75, 3.05) is 40.3 Å². The molecular weight excluding hydrogens is 372 g/mol. The van der Waals surface area contributed by atoms with E-state index in [-0.39, 0.29) is 0 Å². The van der Waals surface area contributed by atoms with E-state index < -0.39 is 0 Å². The number of nitrogens with zero attached hydrogens (tertiary/aromatic N) is 4. The van der Waals surface area contributed by atoms with Crippen molar-refractivity contribution in [2.45, 2.75) is 59.5 Å². The Morgan fingerprint density at radius 1 is 1.13 bits per heavy atom. The van der Waals surface area contributed by atoms with E-state index in [4.69, 9.17) is 9.84 Å². The predicted octanol–water partition coefficient (Wildman–Crippen LogP) is 4.48. The molecule has 0 radical (unpaired) electrons. The molecular formula is C25H40N4O. The summed E-state index contributed by atoms with van der Waals surface area (Å²) in [4.78, 5) is 5.13. The Balaban J connectivity index is 1.71. The number of rotatable bonds is 9. The van der Waals surface area contributed by atoms with Crippen LogP contribution < -0.4 is 4.74 Å². The topological polar surface area (TPSA) is 33.5 Å². The second kappa shape index (κ2) is 10.5. The van der Waals surface area contributed by atoms with Crippen LogP contribution in [-0.2, 0) is 13.0 Å². The van der Waals surface area contributed by atoms with Gasteiger partial charge in [0.1, 0.15) is 5.75 Å². The Morgan fingerprint density at radius 2 is 1.80 bits per heavy atom. The third-order valence-corrected chi connectivity index (χ3v) is 6.58. The molecule has 0 bridgehead atoms. The molecule has 5 nitrogen and oxygen atoms in total. The van der Waals surface area contributed by atoms with Gasteiger partial charge in [-0.05, 0) is 90.7 Å². The van der Waals surface area contributed by atoms with Crippen molar-refractivity contribution in [2.24, 2.45) is 5.92 Å². The fourth-order valence-corrected chi connectivity index (χ4v) is 4.58. The van der Waals surface area contributed by atoms with Gasteiger partial charge in [-0.3, -0.25) is 9.58 Å². The van der Waals surface area contributed by atoms with E-state index in [1.807, 2.05) is 0 Å². The number of methoxy groups -OCH3 is 1. The number of benzene rings is 1. The first-order valence-electron chi connectivity index (χ1n) is 11.5. The van der Waals surface area contributed by atoms with Crippen LogP contribution in [0.3, 0.4) is 0 Å². The molecule has 0 aliphatic carbocycles. The summed E-state index contributed by atoms with van der Waals surface area (Å²) in [5.74, 6) is 1.71. The molecule has 5 heteroatoms. The smallest absolute Gasteiger partial charge is 0.118 e. The second-order valence-electron chi connectivity index (χ2n) is 9.27. The Hall–Kier alpha value is -1.85. The summed E-state index contributed by atoms with van der Waals surface area (Å²) in [6.45, 7) is 14.5. The molecule has 0 saturated carbocycles. The van der Waals surface area contributed by atoms with Gasteiger partial charge in [-0.15, -0.1) is 0 Å². The zero-order chi connectivity index (χ0) is 21.7. The molecule has 166 valence electrons. The molecule has 0 unspecified atom stereocenters. The van der Waals surface area contributed by atoms with Crippen molar-refractivity contribution < 1.29 is 4.74 Å². The number of ether oxygens (including phenoxy) is 1. The van der Waals surface area contributed by atoms with Gasteiger partial charge in [-0.25, -0.2) is 0 Å². The van der Waals surface area contributed by atoms with Gasteiger partial charge in [0.2, 0.25) is 0 Å². The van der Waals surface area contributed by atoms with Gasteiger partial charge in [-0.2, -0.15) is 5.10 Å². The van der Waals surface area contributed by atoms with Crippen molar-refractivity contribution in [1.82, 2.24) is 19.6 Å². The second-order valence-corrected chi connectivity index (χ2v) is 9.27. The predicted molar refractivity (Wildman–Crippen MR) is 124 cm³/mol. The zero-order valence-electron chi connectivity index (χ0n) is 19.8. The van der Waals surface area contributed by atoms with Crippen LogP contribution in [0, 0.1) is 19.8 Å². The molecule has 1 aliphatic heterocycles. The van der Waals surface area contributed by atoms with Crippen LogP contribution in [0.1, 0.15) is 55.2 Å². The lowest BCUT2D eigenvalue weighted by Crippen LogP contribution is -2.37. The fourth-order valence-electron chi connectivity index (χ4n) is 4.58. The lowest BCUT2D eigenvalue weighted by molar-refractivity contribution is 0.156. The highest BCUT2D eigenvalue weighted by Gasteiger charge is 2.22. The number of aromatic nitrogens is 2. The summed E-state index contributed by atoms with van der Waals surface area (Å²) in [5.41, 5.74) is 5.28. The monoisotopic (exact) mass is 412 g/mol. The minimum absolute atomic E-state index is 0.402. The highest BCUT2D eigenvalue weighted by Crippen LogP contribution is 2.23. The maximum atomic E-state index is 5.31. The summed E-state index contributed by atoms with van der Waals surface area (Å²) < 4.78 is 7.49. The van der Waals surface area contributed by atoms with Gasteiger partial charge < -0.3 is 9.64 Å². The number of aryl methyl sites for hydroxylation is 1. The first kappa shape index (κ1) is 22.8. The molecule has 1 aromatic carbocycles. The molecule has 2 aromatic rings. The van der Waals surface area contributed by atoms with Gasteiger partial charge in [0, 0.05) is 36.9 Å². The van der Waals surface area contributed by atoms with E-state index in [1.54, 1.807) is 7.11 Å². The average Bonchev–Trinajstić information content (AvgIpc) is 3.02. The molecule has 1 aromatic heterocycles. The Labute approximate surface area is 183 Å². The third kappa shape index (κ3) is 5.86. The Morgan fingerprint density at radius 3 is 2.37 bits per heavy atom. The van der Waals surface area contributed by atoms with E-state index in [0.29, 0.717) is 6.04 Å². The number of likely N-dealkylation sites (tertiary alicyclic amines) is 1. The van der Waals surface area contributed by atoms with Gasteiger partial charge in [-0.1, -0.05) is 12.1 Å². The summed E-state index contributed by atoms with van der Waals surface area (Å²) in [5, 5.41) is 4.83. The van der Waals surface area contributed by atoms with Crippen molar-refractivity contribution >= 4 is 0 Å². The number of hydrogen-bond donors (Lipinski definition) is 0. The Bertz CT molecular complexity index is 788. The quantitative estimate of drug-likeness (QED) is 0.608. The van der Waals surface area contributed by atoms with Crippen LogP contribution >= 0.6 is 0 Å². The zero-order valence-corrected chi connectivity index (χ0v) is 19.8. The van der Waals surface area contributed by atoms with Crippen molar-refractivity contribution in [3.63, 3.8) is 0 Å². The molecule has 0 atom stereocenters. The SMILES string of the molecule is COc1ccc(CCN(Cc2c(C)nn(C(C)C)c2C)CC2CCN(C)CC2)cc1. The average molecular weight is 413 g/mol. The van der Waals surface area contributed by atoms with Crippen LogP contribution in [0.4, 0.5) is 0 Å². The largest absolute Gasteiger partial charge is 0.497 e. The molecule has 1 saturated heterocycles. The summed E-state index contributed by atoms with van der Waals surface area (Å²) in [7, 11) is 3.96. The molecule has 2 heterocycles. The normalized spacial score (nSPS) is 16.0. The van der Waals surface area contributed by atoms with Crippen LogP contribution in [0.15, 0.2) is 24.3 Å². The summed E-state index contributed by atoms with van der Waals surface area (Å²) >= 11 is 0. The van der Waals surface area contributed by atoms with E-state index in [2.05, 4.69) is 73.5 Å². The standard InChI is InChI=1S/C25H40N4O/c1-19(2)29-21(4)25(20(3)26-29)18-28(17-23-11-14-27(5)15-12-23)16-13-22-7-9-24(30-6)10-8-22/h7-10,19,23H,11-18H2,1-6H3. The minimum Gasteiger partial charge on any atom is -0.497 e. The Kier molecular flexibility index (Phi) is 7.95. The molecule has 0 N–H and O–H groups in total. The molecule has 3 rings (SSSR count). The first-order chi connectivity index (χ1) is 14.4. The molecule has 0 spiro atoms. The van der Waals surface area contributed by atoms with Gasteiger partial charge in [0.25, 0.3) is 0 Å². The molecule has 30 heavy (non-hydrogen) atoms. The van der Waals surface area contributed by atoms with Crippen LogP contribution in [0.25, 0.3) is 0 Å². The van der Waals surface area contributed by atoms with E-state index >= 15 is 0 Å². The lowest BCUT2D eigenvalue weighted by Gasteiger charge is -2.33. The maximum Gasteiger partial charge on any atom is 0.118 e. The number of hydrogen-bond acceptors (Lipinski definition) is 4. The molecule has 1 aliphatic rings. The van der Waals surface area contributed by atoms with Gasteiger partial charge in [0.15, 0.2) is 0 Å². The van der Waals surface area contributed by atoms with Crippen molar-refractivity contribution in [3.8, 4) is 5.75 Å². The maximum absolute atomic E-state index is 5.31. The third-order valence-electron chi connectivity index (χ3n) is 6.58. The highest BCUT2D eigenvalue weighted by atomic mass is 16.5. The molecule has 1 fully saturated rings. The lowest BCUT2D eigenvalue weighted by atomic mass is 9.96. The summed E-state index contributed by atoms with van der Waals surface area (Å²) in [6.07, 6.45) is 3.67. The number of piperidine rings is 1. The first-order valence-corrected chi connectivity index (χ1v) is 11.5. The van der Waals surface area contributed by atoms with E-state index in [0.717, 1.165) is 31.2 Å². The van der Waals surface area contributed by atoms with Crippen LogP contribution in [0.2, 0.25) is 0 Å².